The van der Waals surface area contributed by atoms with Gasteiger partial charge < -0.3 is 14.2 Å². The molecular weight excluding hydrogens is 428 g/mol. The Morgan fingerprint density at radius 3 is 2.50 bits per heavy atom. The minimum atomic E-state index is -0.445. The molecule has 0 unspecified atom stereocenters. The highest BCUT2D eigenvalue weighted by Crippen LogP contribution is 2.35. The van der Waals surface area contributed by atoms with Gasteiger partial charge in [0.2, 0.25) is 0 Å². The summed E-state index contributed by atoms with van der Waals surface area (Å²) in [4.78, 5) is 31.3. The molecule has 8 heteroatoms. The van der Waals surface area contributed by atoms with E-state index < -0.39 is 5.97 Å². The van der Waals surface area contributed by atoms with Gasteiger partial charge in [-0.2, -0.15) is 0 Å². The maximum Gasteiger partial charge on any atom is 0.344 e. The Morgan fingerprint density at radius 1 is 1.03 bits per heavy atom. The molecule has 32 heavy (non-hydrogen) atoms. The van der Waals surface area contributed by atoms with Crippen molar-refractivity contribution < 1.29 is 23.8 Å². The van der Waals surface area contributed by atoms with Gasteiger partial charge in [-0.3, -0.25) is 9.69 Å². The van der Waals surface area contributed by atoms with Crippen LogP contribution in [0.25, 0.3) is 6.08 Å². The molecular formula is C24H26N2O5S. The van der Waals surface area contributed by atoms with Crippen molar-refractivity contribution in [2.75, 3.05) is 26.4 Å². The average Bonchev–Trinajstić information content (AvgIpc) is 3.08. The molecule has 1 fully saturated rings. The number of amidine groups is 1. The number of hydrogen-bond donors (Lipinski definition) is 0. The summed E-state index contributed by atoms with van der Waals surface area (Å²) in [7, 11) is 0. The van der Waals surface area contributed by atoms with Crippen molar-refractivity contribution in [1.29, 1.82) is 0 Å². The lowest BCUT2D eigenvalue weighted by molar-refractivity contribution is -0.145. The molecule has 7 nitrogen and oxygen atoms in total. The number of carbonyl (C=O) groups is 2. The van der Waals surface area contributed by atoms with Crippen LogP contribution in [0.4, 0.5) is 5.69 Å². The summed E-state index contributed by atoms with van der Waals surface area (Å²) in [5, 5.41) is 0.648. The lowest BCUT2D eigenvalue weighted by atomic mass is 10.2. The predicted molar refractivity (Wildman–Crippen MR) is 126 cm³/mol. The molecule has 2 aromatic carbocycles. The van der Waals surface area contributed by atoms with Crippen molar-refractivity contribution in [3.05, 3.63) is 59.0 Å². The molecule has 0 aromatic heterocycles. The summed E-state index contributed by atoms with van der Waals surface area (Å²) in [5.41, 5.74) is 1.58. The Hall–Kier alpha value is -3.26. The number of para-hydroxylation sites is 1. The van der Waals surface area contributed by atoms with Gasteiger partial charge >= 0.3 is 5.97 Å². The third kappa shape index (κ3) is 5.91. The summed E-state index contributed by atoms with van der Waals surface area (Å²) < 4.78 is 16.1. The van der Waals surface area contributed by atoms with E-state index in [9.17, 15) is 9.59 Å². The average molecular weight is 455 g/mol. The first-order valence-electron chi connectivity index (χ1n) is 10.5. The highest BCUT2D eigenvalue weighted by Gasteiger charge is 2.32. The Kier molecular flexibility index (Phi) is 8.33. The standard InChI is InChI=1S/C24H26N2O5S/c1-4-26-23(28)21(32-24(26)25-18-10-8-7-9-11-18)15-17-12-13-19(20(14-17)29-5-2)31-16-22(27)30-6-3/h7-15H,4-6,16H2,1-3H3/b21-15+,25-24?. The van der Waals surface area contributed by atoms with E-state index in [1.807, 2.05) is 50.2 Å². The van der Waals surface area contributed by atoms with Crippen molar-refractivity contribution in [3.8, 4) is 11.5 Å². The zero-order chi connectivity index (χ0) is 22.9. The summed E-state index contributed by atoms with van der Waals surface area (Å²) >= 11 is 1.34. The van der Waals surface area contributed by atoms with Gasteiger partial charge in [0.15, 0.2) is 23.3 Å². The summed E-state index contributed by atoms with van der Waals surface area (Å²) in [6, 6.07) is 14.9. The molecule has 0 aliphatic carbocycles. The Labute approximate surface area is 192 Å². The summed E-state index contributed by atoms with van der Waals surface area (Å²) in [5.74, 6) is 0.396. The lowest BCUT2D eigenvalue weighted by Crippen LogP contribution is -2.28. The number of nitrogens with zero attached hydrogens (tertiary/aromatic N) is 2. The van der Waals surface area contributed by atoms with Crippen molar-refractivity contribution >= 4 is 40.6 Å². The van der Waals surface area contributed by atoms with Crippen molar-refractivity contribution in [2.45, 2.75) is 20.8 Å². The number of hydrogen-bond acceptors (Lipinski definition) is 7. The molecule has 2 aromatic rings. The first-order valence-corrected chi connectivity index (χ1v) is 11.3. The number of ether oxygens (including phenoxy) is 3. The smallest absolute Gasteiger partial charge is 0.344 e. The molecule has 0 spiro atoms. The van der Waals surface area contributed by atoms with Gasteiger partial charge in [-0.25, -0.2) is 9.79 Å². The van der Waals surface area contributed by atoms with Gasteiger partial charge in [0.25, 0.3) is 5.91 Å². The third-order valence-electron chi connectivity index (χ3n) is 4.40. The SMILES string of the molecule is CCOC(=O)COc1ccc(/C=C2/SC(=Nc3ccccc3)N(CC)C2=O)cc1OCC. The van der Waals surface area contributed by atoms with E-state index in [1.165, 1.54) is 11.8 Å². The van der Waals surface area contributed by atoms with Gasteiger partial charge in [-0.1, -0.05) is 24.3 Å². The second-order valence-corrected chi connectivity index (χ2v) is 7.63. The Bertz CT molecular complexity index is 1020. The highest BCUT2D eigenvalue weighted by molar-refractivity contribution is 8.18. The van der Waals surface area contributed by atoms with E-state index >= 15 is 0 Å². The van der Waals surface area contributed by atoms with Crippen LogP contribution in [0, 0.1) is 0 Å². The maximum absolute atomic E-state index is 12.9. The molecule has 1 aliphatic rings. The summed E-state index contributed by atoms with van der Waals surface area (Å²) in [6.45, 7) is 6.58. The fraction of sp³-hybridized carbons (Fsp3) is 0.292. The normalized spacial score (nSPS) is 16.0. The van der Waals surface area contributed by atoms with Crippen LogP contribution < -0.4 is 9.47 Å². The lowest BCUT2D eigenvalue weighted by Gasteiger charge is -2.12. The molecule has 0 bridgehead atoms. The molecule has 1 aliphatic heterocycles. The molecule has 1 heterocycles. The molecule has 3 rings (SSSR count). The number of amides is 1. The maximum atomic E-state index is 12.9. The van der Waals surface area contributed by atoms with Crippen molar-refractivity contribution in [1.82, 2.24) is 4.90 Å². The van der Waals surface area contributed by atoms with E-state index in [2.05, 4.69) is 4.99 Å². The number of carbonyl (C=O) groups excluding carboxylic acids is 2. The first kappa shape index (κ1) is 23.4. The van der Waals surface area contributed by atoms with E-state index in [1.54, 1.807) is 30.0 Å². The van der Waals surface area contributed by atoms with Gasteiger partial charge in [0.05, 0.1) is 23.8 Å². The zero-order valence-corrected chi connectivity index (χ0v) is 19.2. The molecule has 0 atom stereocenters. The van der Waals surface area contributed by atoms with Crippen LogP contribution in [-0.4, -0.2) is 48.3 Å². The number of likely N-dealkylation sites (N-methyl/N-ethyl adjacent to an activating group) is 1. The van der Waals surface area contributed by atoms with Crippen LogP contribution in [0.15, 0.2) is 58.4 Å². The van der Waals surface area contributed by atoms with Crippen LogP contribution in [0.1, 0.15) is 26.3 Å². The first-order chi connectivity index (χ1) is 15.5. The molecule has 0 saturated carbocycles. The quantitative estimate of drug-likeness (QED) is 0.405. The molecule has 1 amide bonds. The second kappa shape index (κ2) is 11.4. The van der Waals surface area contributed by atoms with E-state index in [4.69, 9.17) is 14.2 Å². The number of aliphatic imine (C=N–C) groups is 1. The van der Waals surface area contributed by atoms with Crippen LogP contribution in [0.3, 0.4) is 0 Å². The number of benzene rings is 2. The van der Waals surface area contributed by atoms with Gasteiger partial charge in [0.1, 0.15) is 0 Å². The van der Waals surface area contributed by atoms with Crippen LogP contribution in [-0.2, 0) is 14.3 Å². The largest absolute Gasteiger partial charge is 0.490 e. The van der Waals surface area contributed by atoms with Gasteiger partial charge in [-0.15, -0.1) is 0 Å². The minimum absolute atomic E-state index is 0.0900. The van der Waals surface area contributed by atoms with Gasteiger partial charge in [0, 0.05) is 6.54 Å². The number of rotatable bonds is 9. The second-order valence-electron chi connectivity index (χ2n) is 6.62. The molecule has 0 radical (unpaired) electrons. The molecule has 0 N–H and O–H groups in total. The van der Waals surface area contributed by atoms with Gasteiger partial charge in [-0.05, 0) is 68.4 Å². The Morgan fingerprint density at radius 2 is 1.81 bits per heavy atom. The highest BCUT2D eigenvalue weighted by atomic mass is 32.2. The molecule has 1 saturated heterocycles. The molecule has 168 valence electrons. The topological polar surface area (TPSA) is 77.4 Å². The third-order valence-corrected chi connectivity index (χ3v) is 5.41. The summed E-state index contributed by atoms with van der Waals surface area (Å²) in [6.07, 6.45) is 1.81. The Balaban J connectivity index is 1.83. The fourth-order valence-electron chi connectivity index (χ4n) is 2.98. The van der Waals surface area contributed by atoms with Crippen LogP contribution >= 0.6 is 11.8 Å². The van der Waals surface area contributed by atoms with Crippen molar-refractivity contribution in [3.63, 3.8) is 0 Å². The predicted octanol–water partition coefficient (Wildman–Crippen LogP) is 4.65. The minimum Gasteiger partial charge on any atom is -0.490 e. The van der Waals surface area contributed by atoms with Crippen LogP contribution in [0.5, 0.6) is 11.5 Å². The van der Waals surface area contributed by atoms with E-state index in [-0.39, 0.29) is 12.5 Å². The number of esters is 1. The van der Waals surface area contributed by atoms with E-state index in [0.717, 1.165) is 11.3 Å². The fourth-order valence-corrected chi connectivity index (χ4v) is 4.04. The number of thioether (sulfide) groups is 1. The monoisotopic (exact) mass is 454 g/mol. The van der Waals surface area contributed by atoms with Crippen LogP contribution in [0.2, 0.25) is 0 Å². The van der Waals surface area contributed by atoms with E-state index in [0.29, 0.717) is 41.3 Å². The van der Waals surface area contributed by atoms with Crippen molar-refractivity contribution in [2.24, 2.45) is 4.99 Å². The zero-order valence-electron chi connectivity index (χ0n) is 18.4.